The van der Waals surface area contributed by atoms with Crippen LogP contribution in [-0.2, 0) is 0 Å². The molecule has 1 aromatic rings. The fourth-order valence-corrected chi connectivity index (χ4v) is 1.17. The molecule has 0 radical (unpaired) electrons. The first-order chi connectivity index (χ1) is 6.31. The van der Waals surface area contributed by atoms with Crippen LogP contribution in [0.3, 0.4) is 0 Å². The molecule has 3 nitrogen and oxygen atoms in total. The maximum Gasteiger partial charge on any atom is 0.157 e. The van der Waals surface area contributed by atoms with Gasteiger partial charge >= 0.3 is 0 Å². The van der Waals surface area contributed by atoms with E-state index in [1.54, 1.807) is 0 Å². The Morgan fingerprint density at radius 3 is 2.92 bits per heavy atom. The maximum absolute atomic E-state index is 8.79. The summed E-state index contributed by atoms with van der Waals surface area (Å²) in [6.07, 6.45) is 5.34. The van der Waals surface area contributed by atoms with E-state index >= 15 is 0 Å². The minimum Gasteiger partial charge on any atom is -0.487 e. The lowest BCUT2D eigenvalue weighted by atomic mass is 10.3. The first kappa shape index (κ1) is 8.33. The molecule has 0 spiro atoms. The number of nitriles is 1. The molecular weight excluding hydrogens is 188 g/mol. The summed E-state index contributed by atoms with van der Waals surface area (Å²) in [5.41, 5.74) is 0.378. The molecule has 0 N–H and O–H groups in total. The van der Waals surface area contributed by atoms with E-state index in [0.717, 1.165) is 12.8 Å². The van der Waals surface area contributed by atoms with Crippen molar-refractivity contribution in [2.24, 2.45) is 0 Å². The molecule has 0 amide bonds. The SMILES string of the molecule is N#Cc1c(Cl)cncc1OC1CC1. The molecule has 0 saturated heterocycles. The summed E-state index contributed by atoms with van der Waals surface area (Å²) in [7, 11) is 0. The van der Waals surface area contributed by atoms with Gasteiger partial charge in [0.15, 0.2) is 5.75 Å². The highest BCUT2D eigenvalue weighted by Crippen LogP contribution is 2.30. The van der Waals surface area contributed by atoms with Crippen LogP contribution < -0.4 is 4.74 Å². The van der Waals surface area contributed by atoms with Gasteiger partial charge in [0.1, 0.15) is 11.6 Å². The fourth-order valence-electron chi connectivity index (χ4n) is 0.981. The highest BCUT2D eigenvalue weighted by atomic mass is 35.5. The first-order valence-electron chi connectivity index (χ1n) is 4.01. The highest BCUT2D eigenvalue weighted by Gasteiger charge is 2.25. The molecule has 0 atom stereocenters. The van der Waals surface area contributed by atoms with Gasteiger partial charge in [-0.05, 0) is 12.8 Å². The van der Waals surface area contributed by atoms with Crippen LogP contribution in [-0.4, -0.2) is 11.1 Å². The minimum atomic E-state index is 0.257. The molecule has 0 unspecified atom stereocenters. The third kappa shape index (κ3) is 1.73. The molecule has 0 bridgehead atoms. The summed E-state index contributed by atoms with van der Waals surface area (Å²) in [6, 6.07) is 2.00. The van der Waals surface area contributed by atoms with Gasteiger partial charge in [-0.15, -0.1) is 0 Å². The predicted octanol–water partition coefficient (Wildman–Crippen LogP) is 2.15. The molecule has 1 aromatic heterocycles. The quantitative estimate of drug-likeness (QED) is 0.725. The van der Waals surface area contributed by atoms with E-state index in [-0.39, 0.29) is 6.10 Å². The van der Waals surface area contributed by atoms with Gasteiger partial charge in [-0.2, -0.15) is 5.26 Å². The van der Waals surface area contributed by atoms with Crippen molar-refractivity contribution in [3.63, 3.8) is 0 Å². The van der Waals surface area contributed by atoms with Crippen LogP contribution in [0.5, 0.6) is 5.75 Å². The van der Waals surface area contributed by atoms with Crippen LogP contribution in [0.1, 0.15) is 18.4 Å². The van der Waals surface area contributed by atoms with E-state index < -0.39 is 0 Å². The zero-order chi connectivity index (χ0) is 9.26. The van der Waals surface area contributed by atoms with E-state index in [2.05, 4.69) is 4.98 Å². The number of rotatable bonds is 2. The number of nitrogens with zero attached hydrogens (tertiary/aromatic N) is 2. The van der Waals surface area contributed by atoms with E-state index in [1.807, 2.05) is 6.07 Å². The number of hydrogen-bond donors (Lipinski definition) is 0. The van der Waals surface area contributed by atoms with Crippen molar-refractivity contribution in [2.75, 3.05) is 0 Å². The van der Waals surface area contributed by atoms with Gasteiger partial charge < -0.3 is 4.74 Å². The summed E-state index contributed by atoms with van der Waals surface area (Å²) in [5.74, 6) is 0.498. The van der Waals surface area contributed by atoms with Crippen molar-refractivity contribution in [2.45, 2.75) is 18.9 Å². The molecule has 1 aliphatic carbocycles. The minimum absolute atomic E-state index is 0.257. The van der Waals surface area contributed by atoms with E-state index in [4.69, 9.17) is 21.6 Å². The van der Waals surface area contributed by atoms with Gasteiger partial charge in [-0.25, -0.2) is 0 Å². The topological polar surface area (TPSA) is 45.9 Å². The van der Waals surface area contributed by atoms with Gasteiger partial charge in [0.05, 0.1) is 17.3 Å². The Morgan fingerprint density at radius 2 is 2.31 bits per heavy atom. The Hall–Kier alpha value is -1.27. The molecule has 2 rings (SSSR count). The first-order valence-corrected chi connectivity index (χ1v) is 4.39. The molecule has 1 heterocycles. The van der Waals surface area contributed by atoms with Crippen LogP contribution in [0.25, 0.3) is 0 Å². The largest absolute Gasteiger partial charge is 0.487 e. The van der Waals surface area contributed by atoms with Gasteiger partial charge in [0.2, 0.25) is 0 Å². The van der Waals surface area contributed by atoms with Crippen LogP contribution >= 0.6 is 11.6 Å². The lowest BCUT2D eigenvalue weighted by molar-refractivity contribution is 0.301. The fraction of sp³-hybridized carbons (Fsp3) is 0.333. The molecule has 1 aliphatic rings. The summed E-state index contributed by atoms with van der Waals surface area (Å²) in [4.78, 5) is 3.87. The highest BCUT2D eigenvalue weighted by molar-refractivity contribution is 6.31. The number of pyridine rings is 1. The third-order valence-corrected chi connectivity index (χ3v) is 2.08. The standard InChI is InChI=1S/C9H7ClN2O/c10-8-4-12-5-9(7(8)3-11)13-6-1-2-6/h4-6H,1-2H2. The summed E-state index contributed by atoms with van der Waals surface area (Å²) < 4.78 is 5.46. The Morgan fingerprint density at radius 1 is 1.54 bits per heavy atom. The summed E-state index contributed by atoms with van der Waals surface area (Å²) >= 11 is 5.77. The smallest absolute Gasteiger partial charge is 0.157 e. The van der Waals surface area contributed by atoms with E-state index in [9.17, 15) is 0 Å². The van der Waals surface area contributed by atoms with Crippen molar-refractivity contribution in [1.82, 2.24) is 4.98 Å². The zero-order valence-corrected chi connectivity index (χ0v) is 7.58. The molecule has 0 aromatic carbocycles. The molecule has 1 saturated carbocycles. The average Bonchev–Trinajstić information content (AvgIpc) is 2.89. The molecule has 0 aliphatic heterocycles. The van der Waals surface area contributed by atoms with Crippen LogP contribution in [0.15, 0.2) is 12.4 Å². The van der Waals surface area contributed by atoms with Crippen LogP contribution in [0.4, 0.5) is 0 Å². The Kier molecular flexibility index (Phi) is 2.07. The summed E-state index contributed by atoms with van der Waals surface area (Å²) in [6.45, 7) is 0. The van der Waals surface area contributed by atoms with Crippen molar-refractivity contribution < 1.29 is 4.74 Å². The second-order valence-corrected chi connectivity index (χ2v) is 3.33. The molecule has 66 valence electrons. The normalized spacial score (nSPS) is 15.1. The third-order valence-electron chi connectivity index (χ3n) is 1.79. The van der Waals surface area contributed by atoms with Crippen molar-refractivity contribution >= 4 is 11.6 Å². The van der Waals surface area contributed by atoms with E-state index in [0.29, 0.717) is 16.3 Å². The maximum atomic E-state index is 8.79. The molecule has 1 fully saturated rings. The van der Waals surface area contributed by atoms with Gasteiger partial charge in [0.25, 0.3) is 0 Å². The monoisotopic (exact) mass is 194 g/mol. The predicted molar refractivity (Wildman–Crippen MR) is 47.6 cm³/mol. The zero-order valence-electron chi connectivity index (χ0n) is 6.83. The molecular formula is C9H7ClN2O. The van der Waals surface area contributed by atoms with Gasteiger partial charge in [-0.3, -0.25) is 4.98 Å². The number of aromatic nitrogens is 1. The second kappa shape index (κ2) is 3.23. The van der Waals surface area contributed by atoms with Gasteiger partial charge in [-0.1, -0.05) is 11.6 Å². The Bertz CT molecular complexity index is 368. The molecule has 4 heteroatoms. The van der Waals surface area contributed by atoms with Crippen LogP contribution in [0, 0.1) is 11.3 Å². The Labute approximate surface area is 80.9 Å². The average molecular weight is 195 g/mol. The number of ether oxygens (including phenoxy) is 1. The van der Waals surface area contributed by atoms with Crippen LogP contribution in [0.2, 0.25) is 5.02 Å². The second-order valence-electron chi connectivity index (χ2n) is 2.92. The van der Waals surface area contributed by atoms with Crippen molar-refractivity contribution in [3.8, 4) is 11.8 Å². The number of halogens is 1. The van der Waals surface area contributed by atoms with Crippen molar-refractivity contribution in [1.29, 1.82) is 5.26 Å². The lowest BCUT2D eigenvalue weighted by Gasteiger charge is -2.05. The molecule has 13 heavy (non-hydrogen) atoms. The Balaban J connectivity index is 2.32. The van der Waals surface area contributed by atoms with E-state index in [1.165, 1.54) is 12.4 Å². The lowest BCUT2D eigenvalue weighted by Crippen LogP contribution is -1.99. The van der Waals surface area contributed by atoms with Gasteiger partial charge in [0, 0.05) is 6.20 Å². The van der Waals surface area contributed by atoms with Crippen molar-refractivity contribution in [3.05, 3.63) is 23.0 Å². The summed E-state index contributed by atoms with van der Waals surface area (Å²) in [5, 5.41) is 9.14. The number of hydrogen-bond acceptors (Lipinski definition) is 3.